The third-order valence-corrected chi connectivity index (χ3v) is 3.18. The molecule has 0 aliphatic carbocycles. The quantitative estimate of drug-likeness (QED) is 0.786. The van der Waals surface area contributed by atoms with E-state index in [-0.39, 0.29) is 5.69 Å². The van der Waals surface area contributed by atoms with Crippen LogP contribution in [0.2, 0.25) is 0 Å². The zero-order chi connectivity index (χ0) is 16.4. The van der Waals surface area contributed by atoms with E-state index in [1.54, 1.807) is 24.3 Å². The van der Waals surface area contributed by atoms with Gasteiger partial charge in [0.15, 0.2) is 5.69 Å². The molecule has 2 heterocycles. The molecule has 0 bridgehead atoms. The number of pyridine rings is 1. The molecule has 3 rings (SSSR count). The zero-order valence-electron chi connectivity index (χ0n) is 11.5. The number of H-pyrrole nitrogens is 1. The molecule has 1 N–H and O–H groups in total. The molecular weight excluding hydrogens is 307 g/mol. The Balaban J connectivity index is 1.99. The van der Waals surface area contributed by atoms with E-state index in [0.717, 1.165) is 12.3 Å². The molecule has 0 amide bonds. The number of nitriles is 1. The maximum Gasteiger partial charge on any atom is 0.433 e. The van der Waals surface area contributed by atoms with Gasteiger partial charge < -0.3 is 0 Å². The van der Waals surface area contributed by atoms with E-state index in [4.69, 9.17) is 5.26 Å². The van der Waals surface area contributed by atoms with Crippen molar-refractivity contribution in [3.63, 3.8) is 0 Å². The molecule has 23 heavy (non-hydrogen) atoms. The second kappa shape index (κ2) is 5.53. The van der Waals surface area contributed by atoms with Crippen LogP contribution in [0.1, 0.15) is 11.4 Å². The Morgan fingerprint density at radius 1 is 1.04 bits per heavy atom. The van der Waals surface area contributed by atoms with E-state index < -0.39 is 11.9 Å². The first kappa shape index (κ1) is 14.7. The number of rotatable bonds is 2. The number of benzene rings is 1. The number of hydrogen-bond donors (Lipinski definition) is 1. The summed E-state index contributed by atoms with van der Waals surface area (Å²) in [6.45, 7) is 0. The maximum atomic E-state index is 12.5. The van der Waals surface area contributed by atoms with E-state index in [1.807, 2.05) is 6.07 Å². The van der Waals surface area contributed by atoms with Crippen LogP contribution in [-0.4, -0.2) is 20.4 Å². The number of halogens is 3. The average molecular weight is 315 g/mol. The van der Waals surface area contributed by atoms with Crippen molar-refractivity contribution in [2.75, 3.05) is 0 Å². The fourth-order valence-corrected chi connectivity index (χ4v) is 2.09. The lowest BCUT2D eigenvalue weighted by atomic mass is 10.0. The summed E-state index contributed by atoms with van der Waals surface area (Å²) in [4.78, 5) is 3.44. The molecule has 5 nitrogen and oxygen atoms in total. The third kappa shape index (κ3) is 2.89. The number of nitrogens with zero attached hydrogens (tertiary/aromatic N) is 4. The molecule has 0 atom stereocenters. The van der Waals surface area contributed by atoms with Gasteiger partial charge in [-0.25, -0.2) is 5.10 Å². The number of aromatic amines is 1. The number of aromatic nitrogens is 4. The first-order valence-electron chi connectivity index (χ1n) is 6.44. The highest BCUT2D eigenvalue weighted by Gasteiger charge is 2.32. The van der Waals surface area contributed by atoms with Gasteiger partial charge in [-0.3, -0.25) is 4.98 Å². The summed E-state index contributed by atoms with van der Waals surface area (Å²) >= 11 is 0. The Labute approximate surface area is 128 Å². The summed E-state index contributed by atoms with van der Waals surface area (Å²) in [5.74, 6) is 0. The van der Waals surface area contributed by atoms with Crippen molar-refractivity contribution in [1.82, 2.24) is 20.4 Å². The van der Waals surface area contributed by atoms with Gasteiger partial charge >= 0.3 is 6.18 Å². The third-order valence-electron chi connectivity index (χ3n) is 3.18. The smallest absolute Gasteiger partial charge is 0.251 e. The fraction of sp³-hybridized carbons (Fsp3) is 0.0667. The van der Waals surface area contributed by atoms with Crippen molar-refractivity contribution in [3.8, 4) is 28.5 Å². The van der Waals surface area contributed by atoms with E-state index in [0.29, 0.717) is 22.4 Å². The molecule has 0 aliphatic rings. The van der Waals surface area contributed by atoms with Crippen molar-refractivity contribution in [2.45, 2.75) is 6.18 Å². The molecule has 2 aromatic heterocycles. The molecule has 3 aromatic rings. The number of hydrogen-bond acceptors (Lipinski definition) is 4. The highest BCUT2D eigenvalue weighted by molar-refractivity contribution is 5.72. The molecule has 0 saturated heterocycles. The maximum absolute atomic E-state index is 12.5. The van der Waals surface area contributed by atoms with Gasteiger partial charge in [-0.05, 0) is 17.7 Å². The van der Waals surface area contributed by atoms with Gasteiger partial charge in [0.05, 0.1) is 0 Å². The normalized spacial score (nSPS) is 11.2. The van der Waals surface area contributed by atoms with Crippen LogP contribution in [0.15, 0.2) is 42.6 Å². The second-order valence-corrected chi connectivity index (χ2v) is 4.66. The standard InChI is InChI=1S/C15H8F3N5/c16-15(17,18)13-5-4-11(8-20-13)9-2-1-3-10(6-9)14-12(7-19)21-23-22-14/h1-6,8H,(H,21,22,23). The molecule has 0 aliphatic heterocycles. The lowest BCUT2D eigenvalue weighted by molar-refractivity contribution is -0.141. The molecule has 0 spiro atoms. The molecule has 0 saturated carbocycles. The minimum Gasteiger partial charge on any atom is -0.251 e. The molecule has 0 fully saturated rings. The van der Waals surface area contributed by atoms with E-state index >= 15 is 0 Å². The summed E-state index contributed by atoms with van der Waals surface area (Å²) < 4.78 is 37.6. The van der Waals surface area contributed by atoms with Crippen LogP contribution in [0.25, 0.3) is 22.4 Å². The summed E-state index contributed by atoms with van der Waals surface area (Å²) in [7, 11) is 0. The number of alkyl halides is 3. The van der Waals surface area contributed by atoms with Gasteiger partial charge in [-0.1, -0.05) is 29.5 Å². The Bertz CT molecular complexity index is 875. The first-order chi connectivity index (χ1) is 11.0. The van der Waals surface area contributed by atoms with Gasteiger partial charge in [0.1, 0.15) is 17.5 Å². The van der Waals surface area contributed by atoms with Crippen molar-refractivity contribution in [3.05, 3.63) is 54.0 Å². The molecule has 0 radical (unpaired) electrons. The summed E-state index contributed by atoms with van der Waals surface area (Å²) in [5.41, 5.74) is 1.48. The summed E-state index contributed by atoms with van der Waals surface area (Å²) in [6.07, 6.45) is -3.31. The Morgan fingerprint density at radius 3 is 2.48 bits per heavy atom. The Morgan fingerprint density at radius 2 is 1.83 bits per heavy atom. The van der Waals surface area contributed by atoms with Gasteiger partial charge in [-0.2, -0.15) is 18.4 Å². The summed E-state index contributed by atoms with van der Waals surface area (Å²) in [5, 5.41) is 18.9. The van der Waals surface area contributed by atoms with Gasteiger partial charge in [0, 0.05) is 17.3 Å². The SMILES string of the molecule is N#Cc1[nH]nnc1-c1cccc(-c2ccc(C(F)(F)F)nc2)c1. The van der Waals surface area contributed by atoms with E-state index in [1.165, 1.54) is 6.07 Å². The monoisotopic (exact) mass is 315 g/mol. The highest BCUT2D eigenvalue weighted by Crippen LogP contribution is 2.30. The largest absolute Gasteiger partial charge is 0.433 e. The van der Waals surface area contributed by atoms with Crippen LogP contribution in [0.5, 0.6) is 0 Å². The fourth-order valence-electron chi connectivity index (χ4n) is 2.09. The first-order valence-corrected chi connectivity index (χ1v) is 6.44. The zero-order valence-corrected chi connectivity index (χ0v) is 11.5. The van der Waals surface area contributed by atoms with Crippen LogP contribution in [0, 0.1) is 11.3 Å². The van der Waals surface area contributed by atoms with Crippen LogP contribution in [0.3, 0.4) is 0 Å². The minimum atomic E-state index is -4.47. The second-order valence-electron chi connectivity index (χ2n) is 4.66. The summed E-state index contributed by atoms with van der Waals surface area (Å²) in [6, 6.07) is 11.1. The van der Waals surface area contributed by atoms with Gasteiger partial charge in [0.2, 0.25) is 0 Å². The van der Waals surface area contributed by atoms with E-state index in [9.17, 15) is 13.2 Å². The molecular formula is C15H8F3N5. The van der Waals surface area contributed by atoms with Crippen molar-refractivity contribution in [2.24, 2.45) is 0 Å². The molecule has 8 heteroatoms. The highest BCUT2D eigenvalue weighted by atomic mass is 19.4. The lowest BCUT2D eigenvalue weighted by Gasteiger charge is -2.07. The predicted octanol–water partition coefficient (Wildman–Crippen LogP) is 3.42. The number of nitrogens with one attached hydrogen (secondary N) is 1. The van der Waals surface area contributed by atoms with Gasteiger partial charge in [0.25, 0.3) is 0 Å². The van der Waals surface area contributed by atoms with E-state index in [2.05, 4.69) is 20.4 Å². The minimum absolute atomic E-state index is 0.215. The molecule has 0 unspecified atom stereocenters. The van der Waals surface area contributed by atoms with Crippen molar-refractivity contribution < 1.29 is 13.2 Å². The molecule has 114 valence electrons. The molecule has 1 aromatic carbocycles. The average Bonchev–Trinajstić information content (AvgIpc) is 3.03. The Hall–Kier alpha value is -3.21. The van der Waals surface area contributed by atoms with Crippen LogP contribution in [0.4, 0.5) is 13.2 Å². The van der Waals surface area contributed by atoms with Crippen LogP contribution in [-0.2, 0) is 6.18 Å². The topological polar surface area (TPSA) is 78.2 Å². The van der Waals surface area contributed by atoms with Crippen molar-refractivity contribution >= 4 is 0 Å². The van der Waals surface area contributed by atoms with Crippen LogP contribution >= 0.6 is 0 Å². The Kier molecular flexibility index (Phi) is 3.54. The predicted molar refractivity (Wildman–Crippen MR) is 74.8 cm³/mol. The van der Waals surface area contributed by atoms with Crippen LogP contribution < -0.4 is 0 Å². The van der Waals surface area contributed by atoms with Gasteiger partial charge in [-0.15, -0.1) is 5.10 Å². The van der Waals surface area contributed by atoms with Crippen molar-refractivity contribution in [1.29, 1.82) is 5.26 Å². The lowest BCUT2D eigenvalue weighted by Crippen LogP contribution is -2.07.